The SMILES string of the molecule is CCOc1ccccc1NC(=O)[C@H](OC(=O)CCc1ccccc1)c1ccccc1. The molecule has 0 saturated heterocycles. The van der Waals surface area contributed by atoms with E-state index >= 15 is 0 Å². The number of nitrogens with one attached hydrogen (secondary N) is 1. The highest BCUT2D eigenvalue weighted by molar-refractivity contribution is 5.97. The zero-order valence-corrected chi connectivity index (χ0v) is 16.9. The molecular formula is C25H25NO4. The summed E-state index contributed by atoms with van der Waals surface area (Å²) in [6, 6.07) is 25.9. The van der Waals surface area contributed by atoms with Crippen LogP contribution in [0.4, 0.5) is 5.69 Å². The van der Waals surface area contributed by atoms with Crippen LogP contribution in [0.1, 0.15) is 30.6 Å². The molecule has 5 nitrogen and oxygen atoms in total. The number of carbonyl (C=O) groups is 2. The van der Waals surface area contributed by atoms with E-state index < -0.39 is 18.0 Å². The third kappa shape index (κ3) is 5.95. The van der Waals surface area contributed by atoms with Gasteiger partial charge in [-0.05, 0) is 31.0 Å². The molecule has 0 heterocycles. The summed E-state index contributed by atoms with van der Waals surface area (Å²) in [5, 5.41) is 2.83. The van der Waals surface area contributed by atoms with Gasteiger partial charge in [-0.15, -0.1) is 0 Å². The van der Waals surface area contributed by atoms with E-state index in [9.17, 15) is 9.59 Å². The van der Waals surface area contributed by atoms with E-state index in [1.807, 2.05) is 67.6 Å². The second kappa shape index (κ2) is 10.8. The number of para-hydroxylation sites is 2. The fourth-order valence-corrected chi connectivity index (χ4v) is 3.03. The quantitative estimate of drug-likeness (QED) is 0.514. The summed E-state index contributed by atoms with van der Waals surface area (Å²) in [6.45, 7) is 2.35. The van der Waals surface area contributed by atoms with Crippen LogP contribution in [-0.4, -0.2) is 18.5 Å². The molecule has 0 radical (unpaired) electrons. The summed E-state index contributed by atoms with van der Waals surface area (Å²) in [4.78, 5) is 25.5. The van der Waals surface area contributed by atoms with Gasteiger partial charge in [-0.1, -0.05) is 72.8 Å². The standard InChI is InChI=1S/C25H25NO4/c1-2-29-22-16-10-9-15-21(22)26-25(28)24(20-13-7-4-8-14-20)30-23(27)18-17-19-11-5-3-6-12-19/h3-16,24H,2,17-18H2,1H3,(H,26,28)/t24-/m1/s1. The van der Waals surface area contributed by atoms with Gasteiger partial charge in [0.15, 0.2) is 0 Å². The van der Waals surface area contributed by atoms with Gasteiger partial charge in [-0.3, -0.25) is 9.59 Å². The number of hydrogen-bond acceptors (Lipinski definition) is 4. The van der Waals surface area contributed by atoms with Crippen molar-refractivity contribution in [3.05, 3.63) is 96.1 Å². The lowest BCUT2D eigenvalue weighted by Gasteiger charge is -2.19. The Morgan fingerprint density at radius 1 is 0.867 bits per heavy atom. The molecule has 1 N–H and O–H groups in total. The minimum atomic E-state index is -1.05. The summed E-state index contributed by atoms with van der Waals surface area (Å²) in [5.41, 5.74) is 2.18. The van der Waals surface area contributed by atoms with Gasteiger partial charge >= 0.3 is 5.97 Å². The molecule has 1 amide bonds. The highest BCUT2D eigenvalue weighted by atomic mass is 16.5. The molecule has 5 heteroatoms. The summed E-state index contributed by atoms with van der Waals surface area (Å²) < 4.78 is 11.2. The van der Waals surface area contributed by atoms with Crippen LogP contribution in [0.25, 0.3) is 0 Å². The number of esters is 1. The maximum Gasteiger partial charge on any atom is 0.307 e. The Bertz CT molecular complexity index is 957. The van der Waals surface area contributed by atoms with E-state index in [2.05, 4.69) is 5.32 Å². The number of benzene rings is 3. The number of rotatable bonds is 9. The number of amides is 1. The molecule has 0 aromatic heterocycles. The molecular weight excluding hydrogens is 378 g/mol. The van der Waals surface area contributed by atoms with Crippen molar-refractivity contribution in [2.75, 3.05) is 11.9 Å². The molecule has 0 fully saturated rings. The molecule has 0 aliphatic carbocycles. The molecule has 0 aliphatic rings. The van der Waals surface area contributed by atoms with E-state index in [1.165, 1.54) is 0 Å². The summed E-state index contributed by atoms with van der Waals surface area (Å²) in [5.74, 6) is -0.294. The van der Waals surface area contributed by atoms with Crippen molar-refractivity contribution in [1.29, 1.82) is 0 Å². The third-order valence-corrected chi connectivity index (χ3v) is 4.50. The Morgan fingerprint density at radius 2 is 1.50 bits per heavy atom. The van der Waals surface area contributed by atoms with E-state index in [-0.39, 0.29) is 6.42 Å². The lowest BCUT2D eigenvalue weighted by Crippen LogP contribution is -2.26. The van der Waals surface area contributed by atoms with Gasteiger partial charge in [0.2, 0.25) is 6.10 Å². The van der Waals surface area contributed by atoms with Crippen molar-refractivity contribution in [3.8, 4) is 5.75 Å². The lowest BCUT2D eigenvalue weighted by atomic mass is 10.1. The first-order chi connectivity index (χ1) is 14.7. The zero-order chi connectivity index (χ0) is 21.2. The van der Waals surface area contributed by atoms with Crippen molar-refractivity contribution in [2.45, 2.75) is 25.9 Å². The fraction of sp³-hybridized carbons (Fsp3) is 0.200. The summed E-state index contributed by atoms with van der Waals surface area (Å²) in [7, 11) is 0. The maximum atomic E-state index is 13.0. The minimum Gasteiger partial charge on any atom is -0.492 e. The van der Waals surface area contributed by atoms with Crippen LogP contribution >= 0.6 is 0 Å². The van der Waals surface area contributed by atoms with Gasteiger partial charge in [0.25, 0.3) is 5.91 Å². The average Bonchev–Trinajstić information content (AvgIpc) is 2.79. The molecule has 30 heavy (non-hydrogen) atoms. The Balaban J connectivity index is 1.72. The Morgan fingerprint density at radius 3 is 2.20 bits per heavy atom. The van der Waals surface area contributed by atoms with E-state index in [4.69, 9.17) is 9.47 Å². The van der Waals surface area contributed by atoms with Crippen LogP contribution in [0.15, 0.2) is 84.9 Å². The molecule has 0 unspecified atom stereocenters. The predicted molar refractivity (Wildman–Crippen MR) is 116 cm³/mol. The first kappa shape index (κ1) is 21.1. The van der Waals surface area contributed by atoms with E-state index in [1.54, 1.807) is 24.3 Å². The van der Waals surface area contributed by atoms with E-state index in [0.29, 0.717) is 30.0 Å². The van der Waals surface area contributed by atoms with E-state index in [0.717, 1.165) is 5.56 Å². The zero-order valence-electron chi connectivity index (χ0n) is 16.9. The molecule has 0 aliphatic heterocycles. The van der Waals surface area contributed by atoms with Crippen molar-refractivity contribution in [3.63, 3.8) is 0 Å². The molecule has 3 rings (SSSR count). The number of hydrogen-bond donors (Lipinski definition) is 1. The topological polar surface area (TPSA) is 64.6 Å². The molecule has 0 spiro atoms. The molecule has 0 bridgehead atoms. The minimum absolute atomic E-state index is 0.191. The normalized spacial score (nSPS) is 11.4. The van der Waals surface area contributed by atoms with Gasteiger partial charge in [0.05, 0.1) is 12.3 Å². The molecule has 3 aromatic carbocycles. The maximum absolute atomic E-state index is 13.0. The monoisotopic (exact) mass is 403 g/mol. The molecule has 3 aromatic rings. The number of aryl methyl sites for hydroxylation is 1. The third-order valence-electron chi connectivity index (χ3n) is 4.50. The molecule has 0 saturated carbocycles. The Labute approximate surface area is 176 Å². The summed E-state index contributed by atoms with van der Waals surface area (Å²) >= 11 is 0. The van der Waals surface area contributed by atoms with Crippen LogP contribution < -0.4 is 10.1 Å². The highest BCUT2D eigenvalue weighted by Crippen LogP contribution is 2.27. The molecule has 1 atom stereocenters. The van der Waals surface area contributed by atoms with Gasteiger partial charge in [-0.2, -0.15) is 0 Å². The fourth-order valence-electron chi connectivity index (χ4n) is 3.03. The van der Waals surface area contributed by atoms with Crippen molar-refractivity contribution >= 4 is 17.6 Å². The van der Waals surface area contributed by atoms with Crippen LogP contribution in [-0.2, 0) is 20.7 Å². The second-order valence-corrected chi connectivity index (χ2v) is 6.68. The van der Waals surface area contributed by atoms with Gasteiger partial charge < -0.3 is 14.8 Å². The van der Waals surface area contributed by atoms with Crippen molar-refractivity contribution < 1.29 is 19.1 Å². The number of anilines is 1. The first-order valence-electron chi connectivity index (χ1n) is 9.98. The van der Waals surface area contributed by atoms with Gasteiger partial charge in [-0.25, -0.2) is 0 Å². The second-order valence-electron chi connectivity index (χ2n) is 6.68. The van der Waals surface area contributed by atoms with Crippen LogP contribution in [0.5, 0.6) is 5.75 Å². The first-order valence-corrected chi connectivity index (χ1v) is 9.98. The Kier molecular flexibility index (Phi) is 7.61. The number of ether oxygens (including phenoxy) is 2. The predicted octanol–water partition coefficient (Wildman–Crippen LogP) is 4.94. The highest BCUT2D eigenvalue weighted by Gasteiger charge is 2.25. The summed E-state index contributed by atoms with van der Waals surface area (Å²) in [6.07, 6.45) is -0.310. The van der Waals surface area contributed by atoms with Crippen molar-refractivity contribution in [1.82, 2.24) is 0 Å². The van der Waals surface area contributed by atoms with Crippen molar-refractivity contribution in [2.24, 2.45) is 0 Å². The van der Waals surface area contributed by atoms with Gasteiger partial charge in [0.1, 0.15) is 5.75 Å². The lowest BCUT2D eigenvalue weighted by molar-refractivity contribution is -0.154. The smallest absolute Gasteiger partial charge is 0.307 e. The van der Waals surface area contributed by atoms with Crippen LogP contribution in [0.2, 0.25) is 0 Å². The van der Waals surface area contributed by atoms with Crippen LogP contribution in [0.3, 0.4) is 0 Å². The Hall–Kier alpha value is -3.60. The van der Waals surface area contributed by atoms with Gasteiger partial charge in [0, 0.05) is 12.0 Å². The van der Waals surface area contributed by atoms with Crippen LogP contribution in [0, 0.1) is 0 Å². The molecule has 154 valence electrons. The largest absolute Gasteiger partial charge is 0.492 e. The average molecular weight is 403 g/mol. The number of carbonyl (C=O) groups excluding carboxylic acids is 2.